The van der Waals surface area contributed by atoms with Crippen LogP contribution in [0.5, 0.6) is 0 Å². The summed E-state index contributed by atoms with van der Waals surface area (Å²) in [6, 6.07) is 0. The highest BCUT2D eigenvalue weighted by Gasteiger charge is 2.79. The average Bonchev–Trinajstić information content (AvgIpc) is 3.08. The summed E-state index contributed by atoms with van der Waals surface area (Å²) in [5.74, 6) is -11.4. The molecular weight excluding hydrogens is 359 g/mol. The van der Waals surface area contributed by atoms with E-state index in [1.165, 1.54) is 0 Å². The molecule has 13 heteroatoms. The second-order valence-corrected chi connectivity index (χ2v) is 6.47. The molecule has 0 aromatic heterocycles. The minimum atomic E-state index is -7.00. The summed E-state index contributed by atoms with van der Waals surface area (Å²) in [6.45, 7) is -2.24. The molecule has 0 heterocycles. The fourth-order valence-corrected chi connectivity index (χ4v) is 2.27. The second-order valence-electron chi connectivity index (χ2n) is 4.81. The SMILES string of the molecule is O=S(=O)(OCC(F)(F)CC1CC1)C(F)(F)C(F)(F)C(F)(F)F. The van der Waals surface area contributed by atoms with Gasteiger partial charge in [0, 0.05) is 6.42 Å². The third-order valence-electron chi connectivity index (χ3n) is 2.75. The van der Waals surface area contributed by atoms with Gasteiger partial charge in [-0.15, -0.1) is 0 Å². The van der Waals surface area contributed by atoms with Gasteiger partial charge in [-0.25, -0.2) is 8.78 Å². The van der Waals surface area contributed by atoms with Crippen LogP contribution < -0.4 is 0 Å². The number of hydrogen-bond donors (Lipinski definition) is 0. The summed E-state index contributed by atoms with van der Waals surface area (Å²) in [5.41, 5.74) is 0. The van der Waals surface area contributed by atoms with Crippen LogP contribution in [0.15, 0.2) is 0 Å². The molecule has 0 N–H and O–H groups in total. The molecule has 0 radical (unpaired) electrons. The molecule has 0 amide bonds. The van der Waals surface area contributed by atoms with Gasteiger partial charge in [0.1, 0.15) is 6.61 Å². The Bertz CT molecular complexity index is 507. The first-order chi connectivity index (χ1) is 9.54. The van der Waals surface area contributed by atoms with Gasteiger partial charge < -0.3 is 0 Å². The summed E-state index contributed by atoms with van der Waals surface area (Å²) in [4.78, 5) is 0. The number of rotatable bonds is 7. The van der Waals surface area contributed by atoms with Gasteiger partial charge in [0.25, 0.3) is 5.92 Å². The zero-order valence-corrected chi connectivity index (χ0v) is 11.3. The van der Waals surface area contributed by atoms with Crippen LogP contribution in [-0.2, 0) is 14.3 Å². The van der Waals surface area contributed by atoms with Crippen LogP contribution in [-0.4, -0.2) is 38.3 Å². The van der Waals surface area contributed by atoms with Gasteiger partial charge in [-0.2, -0.15) is 39.2 Å². The van der Waals surface area contributed by atoms with E-state index in [4.69, 9.17) is 0 Å². The summed E-state index contributed by atoms with van der Waals surface area (Å²) >= 11 is 0. The van der Waals surface area contributed by atoms with Crippen LogP contribution in [0.1, 0.15) is 19.3 Å². The first-order valence-corrected chi connectivity index (χ1v) is 7.03. The van der Waals surface area contributed by atoms with Crippen LogP contribution in [0.25, 0.3) is 0 Å². The zero-order chi connectivity index (χ0) is 17.6. The Hall–Kier alpha value is -0.720. The summed E-state index contributed by atoms with van der Waals surface area (Å²) < 4.78 is 137. The van der Waals surface area contributed by atoms with Crippen LogP contribution >= 0.6 is 0 Å². The molecule has 0 saturated heterocycles. The molecule has 0 aromatic rings. The van der Waals surface area contributed by atoms with Crippen molar-refractivity contribution in [1.29, 1.82) is 0 Å². The smallest absolute Gasteiger partial charge is 0.259 e. The van der Waals surface area contributed by atoms with Gasteiger partial charge in [-0.3, -0.25) is 4.18 Å². The van der Waals surface area contributed by atoms with E-state index in [1.807, 2.05) is 0 Å². The lowest BCUT2D eigenvalue weighted by Crippen LogP contribution is -2.56. The van der Waals surface area contributed by atoms with Crippen LogP contribution in [0.2, 0.25) is 0 Å². The molecule has 1 rings (SSSR count). The Kier molecular flexibility index (Phi) is 4.77. The summed E-state index contributed by atoms with van der Waals surface area (Å²) in [7, 11) is -6.93. The van der Waals surface area contributed by atoms with Crippen LogP contribution in [0.4, 0.5) is 39.5 Å². The predicted octanol–water partition coefficient (Wildman–Crippen LogP) is 3.56. The molecule has 132 valence electrons. The highest BCUT2D eigenvalue weighted by Crippen LogP contribution is 2.49. The van der Waals surface area contributed by atoms with Gasteiger partial charge in [-0.1, -0.05) is 0 Å². The van der Waals surface area contributed by atoms with E-state index in [0.29, 0.717) is 12.8 Å². The topological polar surface area (TPSA) is 43.4 Å². The van der Waals surface area contributed by atoms with E-state index in [1.54, 1.807) is 0 Å². The van der Waals surface area contributed by atoms with Crippen LogP contribution in [0, 0.1) is 5.92 Å². The summed E-state index contributed by atoms with van der Waals surface area (Å²) in [6.07, 6.45) is -7.09. The molecular formula is C9H9F9O3S. The van der Waals surface area contributed by atoms with Crippen molar-refractivity contribution in [1.82, 2.24) is 0 Å². The van der Waals surface area contributed by atoms with E-state index >= 15 is 0 Å². The largest absolute Gasteiger partial charge is 0.461 e. The Morgan fingerprint density at radius 2 is 1.36 bits per heavy atom. The van der Waals surface area contributed by atoms with E-state index in [-0.39, 0.29) is 0 Å². The highest BCUT2D eigenvalue weighted by molar-refractivity contribution is 7.87. The van der Waals surface area contributed by atoms with E-state index < -0.39 is 52.3 Å². The average molecular weight is 368 g/mol. The number of alkyl halides is 9. The monoisotopic (exact) mass is 368 g/mol. The van der Waals surface area contributed by atoms with Crippen molar-refractivity contribution in [2.45, 2.75) is 42.5 Å². The van der Waals surface area contributed by atoms with Gasteiger partial charge in [0.2, 0.25) is 0 Å². The van der Waals surface area contributed by atoms with E-state index in [2.05, 4.69) is 4.18 Å². The molecule has 0 aliphatic heterocycles. The van der Waals surface area contributed by atoms with Crippen molar-refractivity contribution < 1.29 is 52.1 Å². The summed E-state index contributed by atoms with van der Waals surface area (Å²) in [5, 5.41) is -6.74. The van der Waals surface area contributed by atoms with Crippen molar-refractivity contribution >= 4 is 10.1 Å². The lowest BCUT2D eigenvalue weighted by Gasteiger charge is -2.27. The first-order valence-electron chi connectivity index (χ1n) is 5.63. The fraction of sp³-hybridized carbons (Fsp3) is 1.00. The molecule has 3 nitrogen and oxygen atoms in total. The van der Waals surface area contributed by atoms with E-state index in [0.717, 1.165) is 0 Å². The molecule has 22 heavy (non-hydrogen) atoms. The maximum atomic E-state index is 13.1. The van der Waals surface area contributed by atoms with Gasteiger partial charge >= 0.3 is 27.5 Å². The van der Waals surface area contributed by atoms with Crippen molar-refractivity contribution in [3.8, 4) is 0 Å². The third kappa shape index (κ3) is 3.78. The van der Waals surface area contributed by atoms with Gasteiger partial charge in [0.15, 0.2) is 0 Å². The predicted molar refractivity (Wildman–Crippen MR) is 53.1 cm³/mol. The Balaban J connectivity index is 2.88. The van der Waals surface area contributed by atoms with Gasteiger partial charge in [-0.05, 0) is 18.8 Å². The molecule has 1 saturated carbocycles. The minimum Gasteiger partial charge on any atom is -0.259 e. The Morgan fingerprint density at radius 3 is 1.73 bits per heavy atom. The molecule has 1 fully saturated rings. The molecule has 0 spiro atoms. The van der Waals surface area contributed by atoms with Crippen molar-refractivity contribution in [3.63, 3.8) is 0 Å². The normalized spacial score (nSPS) is 18.6. The van der Waals surface area contributed by atoms with Gasteiger partial charge in [0.05, 0.1) is 0 Å². The van der Waals surface area contributed by atoms with Crippen molar-refractivity contribution in [2.75, 3.05) is 6.61 Å². The standard InChI is InChI=1S/C9H9F9O3S/c10-6(11,3-5-1-2-5)4-21-22(19,20)9(17,18)7(12,13)8(14,15)16/h5H,1-4H2. The van der Waals surface area contributed by atoms with E-state index in [9.17, 15) is 47.9 Å². The number of halogens is 9. The molecule has 1 aliphatic carbocycles. The quantitative estimate of drug-likeness (QED) is 0.510. The Morgan fingerprint density at radius 1 is 0.909 bits per heavy atom. The molecule has 0 atom stereocenters. The lowest BCUT2D eigenvalue weighted by molar-refractivity contribution is -0.333. The molecule has 1 aliphatic rings. The zero-order valence-electron chi connectivity index (χ0n) is 10.4. The van der Waals surface area contributed by atoms with Crippen molar-refractivity contribution in [3.05, 3.63) is 0 Å². The Labute approximate surface area is 118 Å². The van der Waals surface area contributed by atoms with Crippen LogP contribution in [0.3, 0.4) is 0 Å². The first kappa shape index (κ1) is 19.3. The minimum absolute atomic E-state index is 0.380. The third-order valence-corrected chi connectivity index (χ3v) is 4.06. The number of hydrogen-bond acceptors (Lipinski definition) is 3. The fourth-order valence-electron chi connectivity index (χ4n) is 1.36. The molecule has 0 unspecified atom stereocenters. The molecule has 0 bridgehead atoms. The molecule has 0 aromatic carbocycles. The highest BCUT2D eigenvalue weighted by atomic mass is 32.2. The maximum absolute atomic E-state index is 13.1. The maximum Gasteiger partial charge on any atom is 0.461 e. The lowest BCUT2D eigenvalue weighted by atomic mass is 10.2. The van der Waals surface area contributed by atoms with Crippen molar-refractivity contribution in [2.24, 2.45) is 5.92 Å². The second kappa shape index (κ2) is 5.42.